The van der Waals surface area contributed by atoms with Crippen LogP contribution >= 0.6 is 0 Å². The smallest absolute Gasteiger partial charge is 0.295 e. The van der Waals surface area contributed by atoms with E-state index < -0.39 is 17.7 Å². The summed E-state index contributed by atoms with van der Waals surface area (Å²) in [5.41, 5.74) is 1.85. The van der Waals surface area contributed by atoms with Crippen molar-refractivity contribution in [2.45, 2.75) is 26.8 Å². The fourth-order valence-corrected chi connectivity index (χ4v) is 4.63. The third kappa shape index (κ3) is 6.52. The lowest BCUT2D eigenvalue weighted by Gasteiger charge is -2.28. The molecule has 1 unspecified atom stereocenters. The lowest BCUT2D eigenvalue weighted by Crippen LogP contribution is -2.38. The number of ether oxygens (including phenoxy) is 3. The minimum atomic E-state index is -0.806. The molecular formula is C31H38N2O6. The zero-order valence-electron chi connectivity index (χ0n) is 23.2. The summed E-state index contributed by atoms with van der Waals surface area (Å²) < 4.78 is 16.9. The fraction of sp³-hybridized carbons (Fsp3) is 0.355. The summed E-state index contributed by atoms with van der Waals surface area (Å²) in [6.07, 6.45) is 3.28. The molecule has 0 aliphatic carbocycles. The van der Waals surface area contributed by atoms with Crippen molar-refractivity contribution < 1.29 is 28.9 Å². The highest BCUT2D eigenvalue weighted by Crippen LogP contribution is 2.42. The summed E-state index contributed by atoms with van der Waals surface area (Å²) in [6, 6.07) is 9.59. The highest BCUT2D eigenvalue weighted by Gasteiger charge is 2.46. The van der Waals surface area contributed by atoms with E-state index in [-0.39, 0.29) is 11.3 Å². The SMILES string of the molecule is C=CCOc1ccc(C(O)=C2C(=O)C(=O)N(CCN(CC)CC)C2c2ccc(OCC=C)c(OC)c2)cc1C. The zero-order chi connectivity index (χ0) is 28.5. The topological polar surface area (TPSA) is 88.5 Å². The van der Waals surface area contributed by atoms with Gasteiger partial charge in [-0.1, -0.05) is 45.2 Å². The number of likely N-dealkylation sites (N-methyl/N-ethyl adjacent to an activating group) is 1. The number of aryl methyl sites for hydroxylation is 1. The Morgan fingerprint density at radius 2 is 1.64 bits per heavy atom. The van der Waals surface area contributed by atoms with E-state index in [1.165, 1.54) is 12.0 Å². The summed E-state index contributed by atoms with van der Waals surface area (Å²) >= 11 is 0. The summed E-state index contributed by atoms with van der Waals surface area (Å²) in [5, 5.41) is 11.5. The second-order valence-corrected chi connectivity index (χ2v) is 9.11. The third-order valence-corrected chi connectivity index (χ3v) is 6.76. The Morgan fingerprint density at radius 3 is 2.23 bits per heavy atom. The van der Waals surface area contributed by atoms with Crippen LogP contribution in [0.2, 0.25) is 0 Å². The van der Waals surface area contributed by atoms with Crippen LogP contribution in [0.25, 0.3) is 5.76 Å². The number of hydrogen-bond acceptors (Lipinski definition) is 7. The van der Waals surface area contributed by atoms with E-state index in [0.29, 0.717) is 54.7 Å². The quantitative estimate of drug-likeness (QED) is 0.160. The number of benzene rings is 2. The van der Waals surface area contributed by atoms with E-state index in [1.807, 2.05) is 20.8 Å². The molecule has 0 radical (unpaired) electrons. The van der Waals surface area contributed by atoms with Crippen molar-refractivity contribution in [3.8, 4) is 17.2 Å². The van der Waals surface area contributed by atoms with Crippen LogP contribution in [0.3, 0.4) is 0 Å². The Kier molecular flexibility index (Phi) is 10.3. The predicted octanol–water partition coefficient (Wildman–Crippen LogP) is 4.90. The molecule has 208 valence electrons. The minimum Gasteiger partial charge on any atom is -0.507 e. The van der Waals surface area contributed by atoms with Crippen LogP contribution in [-0.4, -0.2) is 73.1 Å². The molecule has 1 atom stereocenters. The Morgan fingerprint density at radius 1 is 1.00 bits per heavy atom. The maximum Gasteiger partial charge on any atom is 0.295 e. The van der Waals surface area contributed by atoms with Crippen LogP contribution in [0.5, 0.6) is 17.2 Å². The number of aliphatic hydroxyl groups is 1. The number of carbonyl (C=O) groups excluding carboxylic acids is 2. The Labute approximate surface area is 230 Å². The molecule has 2 aromatic rings. The number of likely N-dealkylation sites (tertiary alicyclic amines) is 1. The number of nitrogens with zero attached hydrogens (tertiary/aromatic N) is 2. The molecule has 1 saturated heterocycles. The molecule has 0 aromatic heterocycles. The van der Waals surface area contributed by atoms with Gasteiger partial charge in [0.2, 0.25) is 0 Å². The number of carbonyl (C=O) groups is 2. The molecule has 2 aromatic carbocycles. The Bertz CT molecular complexity index is 1250. The van der Waals surface area contributed by atoms with E-state index in [1.54, 1.807) is 48.6 Å². The Hall–Kier alpha value is -4.04. The van der Waals surface area contributed by atoms with Crippen molar-refractivity contribution in [3.05, 3.63) is 84.0 Å². The van der Waals surface area contributed by atoms with Gasteiger partial charge >= 0.3 is 0 Å². The molecule has 0 bridgehead atoms. The van der Waals surface area contributed by atoms with Crippen LogP contribution in [0.15, 0.2) is 67.3 Å². The average molecular weight is 535 g/mol. The maximum absolute atomic E-state index is 13.4. The van der Waals surface area contributed by atoms with Crippen molar-refractivity contribution in [1.29, 1.82) is 0 Å². The highest BCUT2D eigenvalue weighted by molar-refractivity contribution is 6.46. The van der Waals surface area contributed by atoms with Gasteiger partial charge in [-0.05, 0) is 61.5 Å². The van der Waals surface area contributed by atoms with Crippen LogP contribution in [-0.2, 0) is 9.59 Å². The van der Waals surface area contributed by atoms with Crippen LogP contribution in [0.4, 0.5) is 0 Å². The van der Waals surface area contributed by atoms with Crippen LogP contribution < -0.4 is 14.2 Å². The van der Waals surface area contributed by atoms with Crippen molar-refractivity contribution >= 4 is 17.4 Å². The number of methoxy groups -OCH3 is 1. The van der Waals surface area contributed by atoms with E-state index in [0.717, 1.165) is 18.7 Å². The third-order valence-electron chi connectivity index (χ3n) is 6.76. The van der Waals surface area contributed by atoms with E-state index in [2.05, 4.69) is 18.1 Å². The van der Waals surface area contributed by atoms with E-state index >= 15 is 0 Å². The first-order chi connectivity index (χ1) is 18.8. The highest BCUT2D eigenvalue weighted by atomic mass is 16.5. The average Bonchev–Trinajstić information content (AvgIpc) is 3.20. The predicted molar refractivity (Wildman–Crippen MR) is 152 cm³/mol. The van der Waals surface area contributed by atoms with Crippen LogP contribution in [0, 0.1) is 6.92 Å². The van der Waals surface area contributed by atoms with Gasteiger partial charge < -0.3 is 29.1 Å². The van der Waals surface area contributed by atoms with Gasteiger partial charge in [0.05, 0.1) is 18.7 Å². The second-order valence-electron chi connectivity index (χ2n) is 9.11. The molecule has 1 amide bonds. The minimum absolute atomic E-state index is 0.0283. The van der Waals surface area contributed by atoms with Crippen molar-refractivity contribution in [3.63, 3.8) is 0 Å². The molecule has 39 heavy (non-hydrogen) atoms. The van der Waals surface area contributed by atoms with Gasteiger partial charge in [-0.3, -0.25) is 9.59 Å². The maximum atomic E-state index is 13.4. The van der Waals surface area contributed by atoms with Gasteiger partial charge in [-0.2, -0.15) is 0 Å². The van der Waals surface area contributed by atoms with Crippen LogP contribution in [0.1, 0.15) is 36.6 Å². The molecule has 8 nitrogen and oxygen atoms in total. The lowest BCUT2D eigenvalue weighted by molar-refractivity contribution is -0.140. The number of Topliss-reactive ketones (excluding diaryl/α,β-unsaturated/α-hetero) is 1. The summed E-state index contributed by atoms with van der Waals surface area (Å²) in [7, 11) is 1.52. The second kappa shape index (κ2) is 13.7. The van der Waals surface area contributed by atoms with Gasteiger partial charge in [0.1, 0.15) is 24.7 Å². The lowest BCUT2D eigenvalue weighted by atomic mass is 9.94. The molecule has 0 spiro atoms. The van der Waals surface area contributed by atoms with Crippen molar-refractivity contribution in [2.75, 3.05) is 46.5 Å². The number of hydrogen-bond donors (Lipinski definition) is 1. The largest absolute Gasteiger partial charge is 0.507 e. The Balaban J connectivity index is 2.13. The number of aliphatic hydroxyl groups excluding tert-OH is 1. The molecule has 8 heteroatoms. The van der Waals surface area contributed by atoms with Gasteiger partial charge in [-0.15, -0.1) is 0 Å². The molecular weight excluding hydrogens is 496 g/mol. The van der Waals surface area contributed by atoms with Crippen molar-refractivity contribution in [2.24, 2.45) is 0 Å². The first-order valence-corrected chi connectivity index (χ1v) is 13.1. The van der Waals surface area contributed by atoms with E-state index in [9.17, 15) is 14.7 Å². The normalized spacial score (nSPS) is 16.4. The van der Waals surface area contributed by atoms with Gasteiger partial charge in [0.25, 0.3) is 11.7 Å². The monoisotopic (exact) mass is 534 g/mol. The first-order valence-electron chi connectivity index (χ1n) is 13.1. The first kappa shape index (κ1) is 29.5. The number of rotatable bonds is 14. The van der Waals surface area contributed by atoms with Gasteiger partial charge in [-0.25, -0.2) is 0 Å². The molecule has 1 fully saturated rings. The van der Waals surface area contributed by atoms with Gasteiger partial charge in [0, 0.05) is 18.7 Å². The molecule has 1 N–H and O–H groups in total. The molecule has 1 aliphatic heterocycles. The molecule has 1 heterocycles. The molecule has 0 saturated carbocycles. The van der Waals surface area contributed by atoms with Gasteiger partial charge in [0.15, 0.2) is 11.5 Å². The van der Waals surface area contributed by atoms with Crippen molar-refractivity contribution in [1.82, 2.24) is 9.80 Å². The summed E-state index contributed by atoms with van der Waals surface area (Å²) in [6.45, 7) is 16.5. The molecule has 1 aliphatic rings. The summed E-state index contributed by atoms with van der Waals surface area (Å²) in [5.74, 6) is -0.0271. The molecule has 3 rings (SSSR count). The number of amides is 1. The summed E-state index contributed by atoms with van der Waals surface area (Å²) in [4.78, 5) is 30.5. The zero-order valence-corrected chi connectivity index (χ0v) is 23.2. The van der Waals surface area contributed by atoms with E-state index in [4.69, 9.17) is 14.2 Å². The standard InChI is InChI=1S/C31H38N2O6/c1-7-17-38-24-13-12-23(19-21(24)5)29(34)27-28(22-11-14-25(39-18-8-2)26(20-22)37-6)33(31(36)30(27)35)16-15-32(9-3)10-4/h7-8,11-14,19-20,28,34H,1-2,9-10,15-18H2,3-6H3. The fourth-order valence-electron chi connectivity index (χ4n) is 4.63. The number of ketones is 1.